The van der Waals surface area contributed by atoms with Crippen LogP contribution in [-0.4, -0.2) is 51.8 Å². The molecule has 0 amide bonds. The number of benzene rings is 1. The molecule has 0 spiro atoms. The number of fused-ring (bicyclic) bond motifs is 1. The zero-order valence-electron chi connectivity index (χ0n) is 10.1. The van der Waals surface area contributed by atoms with Crippen molar-refractivity contribution in [3.63, 3.8) is 0 Å². The third-order valence-electron chi connectivity index (χ3n) is 3.30. The van der Waals surface area contributed by atoms with Gasteiger partial charge in [0.25, 0.3) is 0 Å². The monoisotopic (exact) mass is 378 g/mol. The van der Waals surface area contributed by atoms with E-state index in [1.54, 1.807) is 0 Å². The van der Waals surface area contributed by atoms with E-state index in [1.165, 1.54) is 0 Å². The van der Waals surface area contributed by atoms with Crippen LogP contribution in [0.15, 0.2) is 8.95 Å². The van der Waals surface area contributed by atoms with Gasteiger partial charge in [-0.25, -0.2) is 4.98 Å². The number of imidazole rings is 1. The molecule has 8 heteroatoms. The first-order valence-corrected chi connectivity index (χ1v) is 7.55. The Balaban J connectivity index is 2.14. The van der Waals surface area contributed by atoms with Crippen molar-refractivity contribution in [2.75, 3.05) is 31.1 Å². The van der Waals surface area contributed by atoms with Crippen LogP contribution in [0.5, 0.6) is 0 Å². The van der Waals surface area contributed by atoms with Gasteiger partial charge in [-0.15, -0.1) is 0 Å². The van der Waals surface area contributed by atoms with Crippen LogP contribution in [0.4, 0.5) is 5.95 Å². The van der Waals surface area contributed by atoms with Crippen LogP contribution in [0.2, 0.25) is 0 Å². The van der Waals surface area contributed by atoms with Gasteiger partial charge in [0.2, 0.25) is 5.95 Å². The molecule has 1 saturated heterocycles. The maximum atomic E-state index is 5.96. The zero-order valence-corrected chi connectivity index (χ0v) is 13.3. The summed E-state index contributed by atoms with van der Waals surface area (Å²) in [7, 11) is 11.9. The number of hydrogen-bond donors (Lipinski definition) is 2. The Hall–Kier alpha value is -0.460. The summed E-state index contributed by atoms with van der Waals surface area (Å²) < 4.78 is 1.50. The van der Waals surface area contributed by atoms with Crippen molar-refractivity contribution >= 4 is 75.5 Å². The highest BCUT2D eigenvalue weighted by atomic mass is 79.9. The fourth-order valence-corrected chi connectivity index (χ4v) is 3.20. The highest BCUT2D eigenvalue weighted by Crippen LogP contribution is 2.28. The summed E-state index contributed by atoms with van der Waals surface area (Å²) in [5.41, 5.74) is 2.70. The molecule has 4 radical (unpaired) electrons. The summed E-state index contributed by atoms with van der Waals surface area (Å²) in [6.45, 7) is 3.79. The lowest BCUT2D eigenvalue weighted by atomic mass is 9.80. The topological polar surface area (TPSA) is 44.0 Å². The minimum absolute atomic E-state index is 0.512. The predicted molar refractivity (Wildman–Crippen MR) is 87.4 cm³/mol. The highest BCUT2D eigenvalue weighted by Gasteiger charge is 2.18. The Labute approximate surface area is 130 Å². The SMILES string of the molecule is [B]c1c([B])c(Br)c2[nH]c(N3CCNCC3)nc2c1Br. The lowest BCUT2D eigenvalue weighted by Gasteiger charge is -2.26. The van der Waals surface area contributed by atoms with Crippen molar-refractivity contribution in [3.05, 3.63) is 8.95 Å². The van der Waals surface area contributed by atoms with E-state index in [1.807, 2.05) is 0 Å². The van der Waals surface area contributed by atoms with Crippen molar-refractivity contribution in [2.45, 2.75) is 0 Å². The van der Waals surface area contributed by atoms with Gasteiger partial charge in [0.05, 0.1) is 5.52 Å². The first-order chi connectivity index (χ1) is 9.09. The van der Waals surface area contributed by atoms with Crippen molar-refractivity contribution in [2.24, 2.45) is 0 Å². The van der Waals surface area contributed by atoms with Crippen molar-refractivity contribution in [3.8, 4) is 0 Å². The first-order valence-electron chi connectivity index (χ1n) is 5.97. The summed E-state index contributed by atoms with van der Waals surface area (Å²) in [6.07, 6.45) is 0. The molecule has 3 rings (SSSR count). The fraction of sp³-hybridized carbons (Fsp3) is 0.364. The van der Waals surface area contributed by atoms with Gasteiger partial charge in [-0.05, 0) is 31.9 Å². The van der Waals surface area contributed by atoms with E-state index in [9.17, 15) is 0 Å². The molecule has 0 unspecified atom stereocenters. The van der Waals surface area contributed by atoms with Gasteiger partial charge in [0.15, 0.2) is 0 Å². The van der Waals surface area contributed by atoms with Crippen molar-refractivity contribution in [1.29, 1.82) is 0 Å². The van der Waals surface area contributed by atoms with Gasteiger partial charge >= 0.3 is 0 Å². The average Bonchev–Trinajstić information content (AvgIpc) is 2.89. The summed E-state index contributed by atoms with van der Waals surface area (Å²) in [5.74, 6) is 0.850. The number of aromatic nitrogens is 2. The molecule has 1 aliphatic rings. The lowest BCUT2D eigenvalue weighted by Crippen LogP contribution is -2.44. The van der Waals surface area contributed by atoms with Crippen LogP contribution in [-0.2, 0) is 0 Å². The Morgan fingerprint density at radius 2 is 1.68 bits per heavy atom. The molecule has 1 aromatic carbocycles. The summed E-state index contributed by atoms with van der Waals surface area (Å²) >= 11 is 6.94. The zero-order chi connectivity index (χ0) is 13.6. The van der Waals surface area contributed by atoms with E-state index in [2.05, 4.69) is 52.0 Å². The quantitative estimate of drug-likeness (QED) is 0.690. The molecule has 2 heterocycles. The van der Waals surface area contributed by atoms with Gasteiger partial charge in [-0.2, -0.15) is 0 Å². The van der Waals surface area contributed by atoms with Gasteiger partial charge in [0.1, 0.15) is 21.2 Å². The number of anilines is 1. The Morgan fingerprint density at radius 3 is 2.37 bits per heavy atom. The molecule has 2 aromatic rings. The Kier molecular flexibility index (Phi) is 3.66. The molecule has 1 aromatic heterocycles. The molecule has 2 N–H and O–H groups in total. The van der Waals surface area contributed by atoms with Crippen LogP contribution < -0.4 is 21.1 Å². The van der Waals surface area contributed by atoms with Gasteiger partial charge in [0, 0.05) is 35.1 Å². The average molecular weight is 380 g/mol. The molecule has 0 saturated carbocycles. The van der Waals surface area contributed by atoms with Gasteiger partial charge in [-0.1, -0.05) is 10.9 Å². The van der Waals surface area contributed by atoms with Crippen LogP contribution in [0.25, 0.3) is 11.0 Å². The second-order valence-electron chi connectivity index (χ2n) is 4.48. The van der Waals surface area contributed by atoms with E-state index in [0.29, 0.717) is 10.9 Å². The number of H-pyrrole nitrogens is 1. The van der Waals surface area contributed by atoms with E-state index < -0.39 is 0 Å². The second kappa shape index (κ2) is 5.14. The van der Waals surface area contributed by atoms with Crippen LogP contribution in [0.1, 0.15) is 0 Å². The van der Waals surface area contributed by atoms with Crippen LogP contribution >= 0.6 is 31.9 Å². The van der Waals surface area contributed by atoms with Crippen LogP contribution in [0.3, 0.4) is 0 Å². The standard InChI is InChI=1S/C11H10B2Br2N4/c12-5-6(13)8(15)10-9(7(5)14)17-11(18-10)19-3-1-16-2-4-19/h16H,1-4H2,(H,17,18). The minimum Gasteiger partial charge on any atom is -0.340 e. The molecule has 1 aliphatic heterocycles. The van der Waals surface area contributed by atoms with E-state index in [4.69, 9.17) is 15.7 Å². The summed E-state index contributed by atoms with van der Waals surface area (Å²) in [6, 6.07) is 0. The number of aromatic amines is 1. The molecule has 0 aliphatic carbocycles. The van der Waals surface area contributed by atoms with Crippen molar-refractivity contribution < 1.29 is 0 Å². The molecule has 0 bridgehead atoms. The summed E-state index contributed by atoms with van der Waals surface area (Å²) in [5, 5.41) is 3.32. The Bertz CT molecular complexity index is 592. The number of rotatable bonds is 1. The van der Waals surface area contributed by atoms with Gasteiger partial charge < -0.3 is 15.2 Å². The fourth-order valence-electron chi connectivity index (χ4n) is 2.20. The minimum atomic E-state index is 0.512. The highest BCUT2D eigenvalue weighted by molar-refractivity contribution is 9.11. The molecule has 1 fully saturated rings. The predicted octanol–water partition coefficient (Wildman–Crippen LogP) is 0.0851. The number of nitrogens with zero attached hydrogens (tertiary/aromatic N) is 2. The second-order valence-corrected chi connectivity index (χ2v) is 6.06. The number of halogens is 2. The van der Waals surface area contributed by atoms with E-state index in [-0.39, 0.29) is 0 Å². The molecule has 19 heavy (non-hydrogen) atoms. The lowest BCUT2D eigenvalue weighted by molar-refractivity contribution is 0.582. The first kappa shape index (κ1) is 13.5. The normalized spacial score (nSPS) is 16.2. The number of hydrogen-bond acceptors (Lipinski definition) is 3. The molecule has 94 valence electrons. The molecule has 4 nitrogen and oxygen atoms in total. The molecule has 0 atom stereocenters. The third kappa shape index (κ3) is 2.23. The molecular weight excluding hydrogens is 370 g/mol. The maximum absolute atomic E-state index is 5.96. The van der Waals surface area contributed by atoms with Crippen molar-refractivity contribution in [1.82, 2.24) is 15.3 Å². The van der Waals surface area contributed by atoms with Gasteiger partial charge in [-0.3, -0.25) is 0 Å². The maximum Gasteiger partial charge on any atom is 0.203 e. The largest absolute Gasteiger partial charge is 0.340 e. The summed E-state index contributed by atoms with van der Waals surface area (Å²) in [4.78, 5) is 10.2. The smallest absolute Gasteiger partial charge is 0.203 e. The number of nitrogens with one attached hydrogen (secondary N) is 2. The molecular formula is C11H10B2Br2N4. The van der Waals surface area contributed by atoms with Crippen LogP contribution in [0, 0.1) is 0 Å². The Morgan fingerprint density at radius 1 is 1.05 bits per heavy atom. The van der Waals surface area contributed by atoms with E-state index >= 15 is 0 Å². The van der Waals surface area contributed by atoms with E-state index in [0.717, 1.165) is 52.1 Å². The number of piperazine rings is 1. The third-order valence-corrected chi connectivity index (χ3v) is 4.92.